The molecule has 0 aliphatic rings. The van der Waals surface area contributed by atoms with Gasteiger partial charge in [-0.1, -0.05) is 18.2 Å². The number of aryl methyl sites for hydroxylation is 1. The minimum atomic E-state index is -0.251. The first-order valence-electron chi connectivity index (χ1n) is 6.66. The summed E-state index contributed by atoms with van der Waals surface area (Å²) in [5, 5.41) is 7.27. The van der Waals surface area contributed by atoms with E-state index in [1.807, 2.05) is 35.9 Å². The van der Waals surface area contributed by atoms with Crippen LogP contribution < -0.4 is 11.2 Å². The smallest absolute Gasteiger partial charge is 0.273 e. The van der Waals surface area contributed by atoms with Crippen molar-refractivity contribution in [1.82, 2.24) is 15.0 Å². The van der Waals surface area contributed by atoms with Crippen molar-refractivity contribution in [2.75, 3.05) is 5.73 Å². The summed E-state index contributed by atoms with van der Waals surface area (Å²) in [5.74, 6) is -0.251. The van der Waals surface area contributed by atoms with Crippen LogP contribution in [-0.4, -0.2) is 21.2 Å². The molecule has 3 N–H and O–H groups in total. The van der Waals surface area contributed by atoms with E-state index in [1.54, 1.807) is 18.5 Å². The summed E-state index contributed by atoms with van der Waals surface area (Å²) in [7, 11) is 1.91. The molecule has 0 unspecified atom stereocenters. The van der Waals surface area contributed by atoms with Gasteiger partial charge in [0.05, 0.1) is 17.0 Å². The zero-order valence-corrected chi connectivity index (χ0v) is 13.0. The van der Waals surface area contributed by atoms with E-state index in [0.717, 1.165) is 10.9 Å². The van der Waals surface area contributed by atoms with Crippen LogP contribution in [0.3, 0.4) is 0 Å². The van der Waals surface area contributed by atoms with Gasteiger partial charge in [0.15, 0.2) is 5.13 Å². The highest BCUT2D eigenvalue weighted by molar-refractivity contribution is 7.13. The summed E-state index contributed by atoms with van der Waals surface area (Å²) in [4.78, 5) is 16.5. The molecule has 2 aromatic heterocycles. The molecule has 0 saturated heterocycles. The number of hydrogen-bond acceptors (Lipinski definition) is 5. The Hall–Kier alpha value is -2.67. The summed E-state index contributed by atoms with van der Waals surface area (Å²) in [6.45, 7) is 1.78. The second-order valence-corrected chi connectivity index (χ2v) is 5.77. The number of benzene rings is 1. The van der Waals surface area contributed by atoms with E-state index < -0.39 is 0 Å². The molecule has 1 amide bonds. The Bertz CT molecular complexity index is 877. The van der Waals surface area contributed by atoms with Crippen molar-refractivity contribution < 1.29 is 4.79 Å². The van der Waals surface area contributed by atoms with Crippen molar-refractivity contribution in [2.45, 2.75) is 6.92 Å². The fourth-order valence-corrected chi connectivity index (χ4v) is 2.84. The third-order valence-corrected chi connectivity index (χ3v) is 4.03. The van der Waals surface area contributed by atoms with Crippen molar-refractivity contribution in [3.63, 3.8) is 0 Å². The van der Waals surface area contributed by atoms with Gasteiger partial charge in [-0.15, -0.1) is 11.3 Å². The van der Waals surface area contributed by atoms with Crippen LogP contribution in [0.1, 0.15) is 23.0 Å². The molecule has 22 heavy (non-hydrogen) atoms. The van der Waals surface area contributed by atoms with Gasteiger partial charge in [-0.05, 0) is 13.0 Å². The number of amides is 1. The molecule has 2 heterocycles. The van der Waals surface area contributed by atoms with Gasteiger partial charge in [-0.2, -0.15) is 5.10 Å². The van der Waals surface area contributed by atoms with Crippen LogP contribution in [0.4, 0.5) is 5.13 Å². The first-order chi connectivity index (χ1) is 10.6. The minimum Gasteiger partial charge on any atom is -0.375 e. The molecule has 0 aliphatic carbocycles. The maximum absolute atomic E-state index is 12.3. The number of fused-ring (bicyclic) bond motifs is 1. The number of para-hydroxylation sites is 1. The Morgan fingerprint density at radius 1 is 1.41 bits per heavy atom. The molecule has 112 valence electrons. The largest absolute Gasteiger partial charge is 0.375 e. The number of nitrogens with two attached hydrogens (primary N) is 1. The lowest BCUT2D eigenvalue weighted by molar-refractivity contribution is 0.0956. The van der Waals surface area contributed by atoms with Crippen LogP contribution >= 0.6 is 11.3 Å². The molecule has 0 saturated carbocycles. The lowest BCUT2D eigenvalue weighted by Crippen LogP contribution is -2.19. The van der Waals surface area contributed by atoms with Gasteiger partial charge >= 0.3 is 0 Å². The first-order valence-corrected chi connectivity index (χ1v) is 7.54. The number of aromatic nitrogens is 2. The maximum atomic E-state index is 12.3. The van der Waals surface area contributed by atoms with Crippen LogP contribution in [-0.2, 0) is 7.05 Å². The number of carbonyl (C=O) groups is 1. The van der Waals surface area contributed by atoms with Crippen molar-refractivity contribution in [1.29, 1.82) is 0 Å². The number of nitrogen functional groups attached to an aromatic ring is 1. The molecule has 1 aromatic carbocycles. The Morgan fingerprint density at radius 2 is 2.18 bits per heavy atom. The monoisotopic (exact) mass is 313 g/mol. The second kappa shape index (κ2) is 5.61. The Balaban J connectivity index is 1.85. The molecule has 0 radical (unpaired) electrons. The second-order valence-electron chi connectivity index (χ2n) is 4.88. The topological polar surface area (TPSA) is 85.3 Å². The molecule has 0 fully saturated rings. The minimum absolute atomic E-state index is 0.251. The Labute approximate surface area is 131 Å². The van der Waals surface area contributed by atoms with Crippen LogP contribution in [0.5, 0.6) is 0 Å². The van der Waals surface area contributed by atoms with Gasteiger partial charge in [-0.3, -0.25) is 4.79 Å². The third kappa shape index (κ3) is 2.58. The quantitative estimate of drug-likeness (QED) is 0.575. The number of thiazole rings is 1. The maximum Gasteiger partial charge on any atom is 0.273 e. The SMILES string of the molecule is CC(=NNC(=O)c1cn(C)c2ccccc12)c1csc(N)n1. The van der Waals surface area contributed by atoms with E-state index in [1.165, 1.54) is 11.3 Å². The van der Waals surface area contributed by atoms with Crippen LogP contribution in [0.2, 0.25) is 0 Å². The van der Waals surface area contributed by atoms with Gasteiger partial charge in [0.25, 0.3) is 5.91 Å². The van der Waals surface area contributed by atoms with Gasteiger partial charge in [0, 0.05) is 29.5 Å². The number of nitrogens with one attached hydrogen (secondary N) is 1. The number of hydrogen-bond donors (Lipinski definition) is 2. The molecule has 0 aliphatic heterocycles. The first kappa shape index (κ1) is 14.3. The highest BCUT2D eigenvalue weighted by Gasteiger charge is 2.13. The zero-order chi connectivity index (χ0) is 15.7. The molecule has 6 nitrogen and oxygen atoms in total. The van der Waals surface area contributed by atoms with Crippen molar-refractivity contribution in [3.05, 3.63) is 47.1 Å². The van der Waals surface area contributed by atoms with Crippen molar-refractivity contribution in [3.8, 4) is 0 Å². The summed E-state index contributed by atoms with van der Waals surface area (Å²) in [6.07, 6.45) is 1.80. The number of hydrazone groups is 1. The summed E-state index contributed by atoms with van der Waals surface area (Å²) in [6, 6.07) is 7.74. The van der Waals surface area contributed by atoms with Gasteiger partial charge < -0.3 is 10.3 Å². The number of carbonyl (C=O) groups excluding carboxylic acids is 1. The highest BCUT2D eigenvalue weighted by atomic mass is 32.1. The van der Waals surface area contributed by atoms with E-state index in [0.29, 0.717) is 22.1 Å². The Morgan fingerprint density at radius 3 is 2.91 bits per heavy atom. The lowest BCUT2D eigenvalue weighted by Gasteiger charge is -2.00. The number of anilines is 1. The molecule has 0 atom stereocenters. The average Bonchev–Trinajstić information content (AvgIpc) is 3.09. The van der Waals surface area contributed by atoms with Gasteiger partial charge in [0.2, 0.25) is 0 Å². The zero-order valence-electron chi connectivity index (χ0n) is 12.2. The van der Waals surface area contributed by atoms with Crippen molar-refractivity contribution >= 4 is 39.0 Å². The van der Waals surface area contributed by atoms with E-state index in [4.69, 9.17) is 5.73 Å². The van der Waals surface area contributed by atoms with E-state index in [2.05, 4.69) is 15.5 Å². The summed E-state index contributed by atoms with van der Waals surface area (Å²) in [5.41, 5.74) is 11.0. The number of rotatable bonds is 3. The van der Waals surface area contributed by atoms with E-state index >= 15 is 0 Å². The van der Waals surface area contributed by atoms with Gasteiger partial charge in [0.1, 0.15) is 0 Å². The summed E-state index contributed by atoms with van der Waals surface area (Å²) >= 11 is 1.34. The Kier molecular flexibility index (Phi) is 3.64. The molecule has 3 rings (SSSR count). The molecule has 0 spiro atoms. The average molecular weight is 313 g/mol. The van der Waals surface area contributed by atoms with Gasteiger partial charge in [-0.25, -0.2) is 10.4 Å². The predicted molar refractivity (Wildman–Crippen MR) is 89.1 cm³/mol. The normalized spacial score (nSPS) is 11.8. The molecule has 0 bridgehead atoms. The molecular weight excluding hydrogens is 298 g/mol. The fraction of sp³-hybridized carbons (Fsp3) is 0.133. The standard InChI is InChI=1S/C15H15N5OS/c1-9(12-8-22-15(16)17-12)18-19-14(21)11-7-20(2)13-6-4-3-5-10(11)13/h3-8H,1-2H3,(H2,16,17)(H,19,21). The van der Waals surface area contributed by atoms with E-state index in [-0.39, 0.29) is 5.91 Å². The van der Waals surface area contributed by atoms with E-state index in [9.17, 15) is 4.79 Å². The summed E-state index contributed by atoms with van der Waals surface area (Å²) < 4.78 is 1.92. The predicted octanol–water partition coefficient (Wildman–Crippen LogP) is 2.37. The molecule has 3 aromatic rings. The fourth-order valence-electron chi connectivity index (χ4n) is 2.23. The highest BCUT2D eigenvalue weighted by Crippen LogP contribution is 2.20. The van der Waals surface area contributed by atoms with Crippen molar-refractivity contribution in [2.24, 2.45) is 12.1 Å². The third-order valence-electron chi connectivity index (χ3n) is 3.36. The van der Waals surface area contributed by atoms with Crippen LogP contribution in [0.25, 0.3) is 10.9 Å². The van der Waals surface area contributed by atoms with Crippen LogP contribution in [0.15, 0.2) is 40.9 Å². The number of nitrogens with zero attached hydrogens (tertiary/aromatic N) is 3. The van der Waals surface area contributed by atoms with Crippen LogP contribution in [0, 0.1) is 0 Å². The molecular formula is C15H15N5OS. The molecule has 7 heteroatoms. The lowest BCUT2D eigenvalue weighted by atomic mass is 10.2.